The molecule has 0 radical (unpaired) electrons. The predicted molar refractivity (Wildman–Crippen MR) is 142 cm³/mol. The normalized spacial score (nSPS) is 14.6. The molecule has 2 aromatic carbocycles. The van der Waals surface area contributed by atoms with Crippen molar-refractivity contribution in [1.82, 2.24) is 9.55 Å². The highest BCUT2D eigenvalue weighted by molar-refractivity contribution is 8.00. The molecule has 1 aliphatic rings. The Kier molecular flexibility index (Phi) is 8.33. The molecule has 180 valence electrons. The smallest absolute Gasteiger partial charge is 0.237 e. The topological polar surface area (TPSA) is 56.1 Å². The number of nitrogens with zero attached hydrogens (tertiary/aromatic N) is 2. The van der Waals surface area contributed by atoms with Crippen molar-refractivity contribution in [3.63, 3.8) is 0 Å². The molecule has 1 N–H and O–H groups in total. The van der Waals surface area contributed by atoms with Crippen LogP contribution < -0.4 is 10.1 Å². The van der Waals surface area contributed by atoms with Crippen LogP contribution in [0, 0.1) is 0 Å². The molecule has 3 aromatic rings. The molecule has 1 atom stereocenters. The number of hydrogen-bond donors (Lipinski definition) is 1. The number of fused-ring (bicyclic) bond motifs is 1. The summed E-state index contributed by atoms with van der Waals surface area (Å²) in [6.07, 6.45) is 10.1. The van der Waals surface area contributed by atoms with Gasteiger partial charge in [-0.3, -0.25) is 4.79 Å². The van der Waals surface area contributed by atoms with Crippen LogP contribution in [0.15, 0.2) is 59.3 Å². The number of hydrogen-bond acceptors (Lipinski definition) is 4. The van der Waals surface area contributed by atoms with E-state index < -0.39 is 0 Å². The number of ether oxygens (including phenoxy) is 1. The van der Waals surface area contributed by atoms with E-state index in [0.29, 0.717) is 0 Å². The maximum Gasteiger partial charge on any atom is 0.237 e. The summed E-state index contributed by atoms with van der Waals surface area (Å²) in [6.45, 7) is 5.04. The Labute approximate surface area is 207 Å². The fraction of sp³-hybridized carbons (Fsp3) is 0.429. The molecule has 1 heterocycles. The van der Waals surface area contributed by atoms with E-state index in [0.717, 1.165) is 53.4 Å². The Hall–Kier alpha value is -2.73. The molecule has 1 unspecified atom stereocenters. The van der Waals surface area contributed by atoms with Crippen molar-refractivity contribution in [3.8, 4) is 5.75 Å². The lowest BCUT2D eigenvalue weighted by Gasteiger charge is -2.17. The van der Waals surface area contributed by atoms with Gasteiger partial charge in [-0.25, -0.2) is 4.98 Å². The number of allylic oxidation sites excluding steroid dienone is 2. The van der Waals surface area contributed by atoms with Crippen LogP contribution in [-0.4, -0.2) is 27.8 Å². The second kappa shape index (κ2) is 11.6. The minimum Gasteiger partial charge on any atom is -0.497 e. The molecule has 0 saturated heterocycles. The van der Waals surface area contributed by atoms with Crippen LogP contribution in [0.5, 0.6) is 5.75 Å². The van der Waals surface area contributed by atoms with E-state index in [1.165, 1.54) is 36.8 Å². The molecule has 0 saturated carbocycles. The Balaban J connectivity index is 1.56. The van der Waals surface area contributed by atoms with Gasteiger partial charge in [0, 0.05) is 18.3 Å². The van der Waals surface area contributed by atoms with Gasteiger partial charge in [0.05, 0.1) is 23.4 Å². The van der Waals surface area contributed by atoms with E-state index in [2.05, 4.69) is 48.0 Å². The summed E-state index contributed by atoms with van der Waals surface area (Å²) in [6, 6.07) is 14.1. The van der Waals surface area contributed by atoms with Crippen LogP contribution in [0.1, 0.15) is 57.9 Å². The lowest BCUT2D eigenvalue weighted by atomic mass is 9.97. The molecule has 1 amide bonds. The van der Waals surface area contributed by atoms with Gasteiger partial charge in [0.1, 0.15) is 5.75 Å². The van der Waals surface area contributed by atoms with Gasteiger partial charge in [-0.05, 0) is 74.8 Å². The third kappa shape index (κ3) is 5.84. The van der Waals surface area contributed by atoms with Gasteiger partial charge < -0.3 is 14.6 Å². The Bertz CT molecular complexity index is 1150. The first kappa shape index (κ1) is 24.4. The van der Waals surface area contributed by atoms with Crippen LogP contribution in [-0.2, 0) is 17.8 Å². The fourth-order valence-electron chi connectivity index (χ4n) is 4.40. The summed E-state index contributed by atoms with van der Waals surface area (Å²) in [5.74, 6) is 0.838. The maximum absolute atomic E-state index is 13.1. The van der Waals surface area contributed by atoms with Crippen molar-refractivity contribution in [1.29, 1.82) is 0 Å². The molecule has 5 nitrogen and oxygen atoms in total. The van der Waals surface area contributed by atoms with E-state index in [-0.39, 0.29) is 11.2 Å². The molecule has 1 aliphatic carbocycles. The molecule has 6 heteroatoms. The average molecular weight is 478 g/mol. The third-order valence-corrected chi connectivity index (χ3v) is 7.86. The maximum atomic E-state index is 13.1. The van der Waals surface area contributed by atoms with Gasteiger partial charge in [0.15, 0.2) is 5.16 Å². The van der Waals surface area contributed by atoms with E-state index in [4.69, 9.17) is 9.72 Å². The molecule has 0 fully saturated rings. The zero-order valence-corrected chi connectivity index (χ0v) is 21.3. The summed E-state index contributed by atoms with van der Waals surface area (Å²) >= 11 is 1.56. The van der Waals surface area contributed by atoms with Crippen molar-refractivity contribution in [2.75, 3.05) is 12.4 Å². The van der Waals surface area contributed by atoms with Crippen molar-refractivity contribution < 1.29 is 9.53 Å². The van der Waals surface area contributed by atoms with Crippen LogP contribution in [0.4, 0.5) is 5.69 Å². The molecule has 0 bridgehead atoms. The Morgan fingerprint density at radius 3 is 2.68 bits per heavy atom. The standard InChI is InChI=1S/C28H35N3O2S/c1-4-20-11-13-22(14-12-20)29-27(32)26(5-2)34-28-30-24-16-15-23(33-3)19-25(24)31(28)18-17-21-9-7-6-8-10-21/h9,11-16,19,26H,4-8,10,17-18H2,1-3H3,(H,29,32). The number of imidazole rings is 1. The second-order valence-electron chi connectivity index (χ2n) is 8.81. The average Bonchev–Trinajstić information content (AvgIpc) is 3.23. The monoisotopic (exact) mass is 477 g/mol. The largest absolute Gasteiger partial charge is 0.497 e. The summed E-state index contributed by atoms with van der Waals surface area (Å²) in [4.78, 5) is 18.1. The fourth-order valence-corrected chi connectivity index (χ4v) is 5.45. The number of aromatic nitrogens is 2. The number of amides is 1. The highest BCUT2D eigenvalue weighted by Crippen LogP contribution is 2.32. The zero-order chi connectivity index (χ0) is 23.9. The van der Waals surface area contributed by atoms with Crippen molar-refractivity contribution >= 4 is 34.4 Å². The second-order valence-corrected chi connectivity index (χ2v) is 9.98. The quantitative estimate of drug-likeness (QED) is 0.252. The van der Waals surface area contributed by atoms with Crippen LogP contribution in [0.3, 0.4) is 0 Å². The first-order valence-electron chi connectivity index (χ1n) is 12.4. The number of rotatable bonds is 10. The number of benzene rings is 2. The van der Waals surface area contributed by atoms with Gasteiger partial charge >= 0.3 is 0 Å². The molecule has 1 aromatic heterocycles. The number of thioether (sulfide) groups is 1. The van der Waals surface area contributed by atoms with Gasteiger partial charge in [-0.15, -0.1) is 0 Å². The third-order valence-electron chi connectivity index (χ3n) is 6.50. The van der Waals surface area contributed by atoms with Crippen LogP contribution >= 0.6 is 11.8 Å². The van der Waals surface area contributed by atoms with E-state index in [1.807, 2.05) is 24.3 Å². The minimum absolute atomic E-state index is 0.0166. The molecule has 0 spiro atoms. The Morgan fingerprint density at radius 2 is 2.00 bits per heavy atom. The molecule has 4 rings (SSSR count). The summed E-state index contributed by atoms with van der Waals surface area (Å²) in [5, 5.41) is 3.76. The van der Waals surface area contributed by atoms with Crippen molar-refractivity contribution in [2.24, 2.45) is 0 Å². The molecular weight excluding hydrogens is 442 g/mol. The van der Waals surface area contributed by atoms with E-state index >= 15 is 0 Å². The first-order chi connectivity index (χ1) is 16.6. The van der Waals surface area contributed by atoms with E-state index in [9.17, 15) is 4.79 Å². The van der Waals surface area contributed by atoms with E-state index in [1.54, 1.807) is 18.9 Å². The van der Waals surface area contributed by atoms with Gasteiger partial charge in [-0.1, -0.05) is 49.4 Å². The van der Waals surface area contributed by atoms with Crippen molar-refractivity contribution in [2.45, 2.75) is 75.7 Å². The predicted octanol–water partition coefficient (Wildman–Crippen LogP) is 7.01. The van der Waals surface area contributed by atoms with Gasteiger partial charge in [0.25, 0.3) is 0 Å². The highest BCUT2D eigenvalue weighted by Gasteiger charge is 2.23. The number of anilines is 1. The lowest BCUT2D eigenvalue weighted by Crippen LogP contribution is -2.25. The lowest BCUT2D eigenvalue weighted by molar-refractivity contribution is -0.115. The molecule has 34 heavy (non-hydrogen) atoms. The van der Waals surface area contributed by atoms with Crippen LogP contribution in [0.2, 0.25) is 0 Å². The number of nitrogens with one attached hydrogen (secondary N) is 1. The summed E-state index contributed by atoms with van der Waals surface area (Å²) < 4.78 is 7.75. The SMILES string of the molecule is CCc1ccc(NC(=O)C(CC)Sc2nc3ccc(OC)cc3n2CCC2=CCCCC2)cc1. The van der Waals surface area contributed by atoms with Gasteiger partial charge in [0.2, 0.25) is 5.91 Å². The minimum atomic E-state index is -0.225. The first-order valence-corrected chi connectivity index (χ1v) is 13.3. The summed E-state index contributed by atoms with van der Waals surface area (Å²) in [5.41, 5.74) is 5.63. The number of aryl methyl sites for hydroxylation is 2. The highest BCUT2D eigenvalue weighted by atomic mass is 32.2. The molecule has 0 aliphatic heterocycles. The van der Waals surface area contributed by atoms with Crippen molar-refractivity contribution in [3.05, 3.63) is 59.7 Å². The number of carbonyl (C=O) groups excluding carboxylic acids is 1. The zero-order valence-electron chi connectivity index (χ0n) is 20.5. The summed E-state index contributed by atoms with van der Waals surface area (Å²) in [7, 11) is 1.69. The number of methoxy groups -OCH3 is 1. The number of carbonyl (C=O) groups is 1. The Morgan fingerprint density at radius 1 is 1.18 bits per heavy atom. The molecular formula is C28H35N3O2S. The van der Waals surface area contributed by atoms with Gasteiger partial charge in [-0.2, -0.15) is 0 Å². The van der Waals surface area contributed by atoms with Crippen LogP contribution in [0.25, 0.3) is 11.0 Å².